The zero-order valence-electron chi connectivity index (χ0n) is 9.02. The van der Waals surface area contributed by atoms with Crippen molar-refractivity contribution in [2.24, 2.45) is 0 Å². The Kier molecular flexibility index (Phi) is 3.52. The number of benzene rings is 1. The number of carbonyl (C=O) groups is 1. The fourth-order valence-electron chi connectivity index (χ4n) is 1.26. The number of nitrogens with two attached hydrogens (primary N) is 1. The molecule has 0 saturated heterocycles. The first-order valence-electron chi connectivity index (χ1n) is 4.90. The second-order valence-corrected chi connectivity index (χ2v) is 4.27. The topological polar surface area (TPSA) is 80.9 Å². The lowest BCUT2D eigenvalue weighted by Gasteiger charge is -2.05. The number of aromatic nitrogens is 2. The van der Waals surface area contributed by atoms with Crippen LogP contribution in [0.4, 0.5) is 15.9 Å². The molecule has 0 aliphatic rings. The minimum absolute atomic E-state index is 0.0930. The van der Waals surface area contributed by atoms with E-state index in [0.717, 1.165) is 0 Å². The molecule has 1 heterocycles. The number of carbonyl (C=O) groups excluding carboxylic acids is 1. The first-order valence-corrected chi connectivity index (χ1v) is 5.69. The van der Waals surface area contributed by atoms with Gasteiger partial charge in [0.15, 0.2) is 0 Å². The summed E-state index contributed by atoms with van der Waals surface area (Å²) in [5, 5.41) is 2.56. The number of anilines is 2. The molecule has 0 radical (unpaired) electrons. The molecule has 3 N–H and O–H groups in total. The Morgan fingerprint density at radius 1 is 1.39 bits per heavy atom. The molecule has 7 heteroatoms. The molecule has 0 atom stereocenters. The first kappa shape index (κ1) is 12.4. The maximum Gasteiger partial charge on any atom is 0.275 e. The highest BCUT2D eigenvalue weighted by atomic mass is 79.9. The van der Waals surface area contributed by atoms with E-state index in [9.17, 15) is 9.18 Å². The minimum Gasteiger partial charge on any atom is -0.382 e. The monoisotopic (exact) mass is 310 g/mol. The van der Waals surface area contributed by atoms with Gasteiger partial charge in [0, 0.05) is 5.69 Å². The molecule has 0 saturated carbocycles. The molecule has 0 fully saturated rings. The highest BCUT2D eigenvalue weighted by Gasteiger charge is 2.09. The van der Waals surface area contributed by atoms with Crippen LogP contribution in [-0.2, 0) is 0 Å². The first-order chi connectivity index (χ1) is 8.56. The molecule has 1 aromatic heterocycles. The fourth-order valence-corrected chi connectivity index (χ4v) is 1.64. The Bertz CT molecular complexity index is 605. The predicted molar refractivity (Wildman–Crippen MR) is 68.5 cm³/mol. The summed E-state index contributed by atoms with van der Waals surface area (Å²) in [6, 6.07) is 4.13. The van der Waals surface area contributed by atoms with E-state index >= 15 is 0 Å². The van der Waals surface area contributed by atoms with Crippen LogP contribution >= 0.6 is 15.9 Å². The molecule has 1 aromatic carbocycles. The summed E-state index contributed by atoms with van der Waals surface area (Å²) in [4.78, 5) is 19.4. The fraction of sp³-hybridized carbons (Fsp3) is 0. The lowest BCUT2D eigenvalue weighted by molar-refractivity contribution is 0.102. The molecule has 5 nitrogen and oxygen atoms in total. The maximum atomic E-state index is 13.0. The number of nitrogens with one attached hydrogen (secondary N) is 1. The van der Waals surface area contributed by atoms with Gasteiger partial charge in [-0.1, -0.05) is 0 Å². The van der Waals surface area contributed by atoms with Crippen molar-refractivity contribution in [2.75, 3.05) is 11.1 Å². The molecule has 0 unspecified atom stereocenters. The van der Waals surface area contributed by atoms with Gasteiger partial charge in [-0.25, -0.2) is 9.37 Å². The number of hydrogen-bond acceptors (Lipinski definition) is 4. The summed E-state index contributed by atoms with van der Waals surface area (Å²) in [5.74, 6) is -0.715. The lowest BCUT2D eigenvalue weighted by Crippen LogP contribution is -2.14. The number of nitrogens with zero attached hydrogens (tertiary/aromatic N) is 2. The van der Waals surface area contributed by atoms with Gasteiger partial charge in [-0.15, -0.1) is 0 Å². The van der Waals surface area contributed by atoms with Gasteiger partial charge in [0.05, 0.1) is 16.9 Å². The van der Waals surface area contributed by atoms with Crippen molar-refractivity contribution in [2.45, 2.75) is 0 Å². The summed E-state index contributed by atoms with van der Waals surface area (Å²) in [6.45, 7) is 0. The third-order valence-corrected chi connectivity index (χ3v) is 2.67. The number of nitrogen functional groups attached to an aromatic ring is 1. The molecule has 0 spiro atoms. The summed E-state index contributed by atoms with van der Waals surface area (Å²) in [6.07, 6.45) is 2.63. The van der Waals surface area contributed by atoms with Crippen LogP contribution in [0.3, 0.4) is 0 Å². The number of amides is 1. The molecular formula is C11H8BrFN4O. The van der Waals surface area contributed by atoms with Gasteiger partial charge in [-0.3, -0.25) is 9.78 Å². The van der Waals surface area contributed by atoms with Crippen molar-refractivity contribution < 1.29 is 9.18 Å². The zero-order valence-corrected chi connectivity index (χ0v) is 10.6. The van der Waals surface area contributed by atoms with Gasteiger partial charge in [0.2, 0.25) is 0 Å². The third-order valence-electron chi connectivity index (χ3n) is 2.06. The van der Waals surface area contributed by atoms with Crippen molar-refractivity contribution in [3.8, 4) is 0 Å². The Balaban J connectivity index is 2.18. The van der Waals surface area contributed by atoms with Crippen molar-refractivity contribution in [3.05, 3.63) is 46.6 Å². The average molecular weight is 311 g/mol. The molecule has 18 heavy (non-hydrogen) atoms. The molecule has 0 aliphatic heterocycles. The largest absolute Gasteiger partial charge is 0.382 e. The van der Waals surface area contributed by atoms with Crippen LogP contribution in [0.5, 0.6) is 0 Å². The molecule has 2 aromatic rings. The van der Waals surface area contributed by atoms with Gasteiger partial charge in [0.1, 0.15) is 17.3 Å². The van der Waals surface area contributed by atoms with E-state index < -0.39 is 11.7 Å². The van der Waals surface area contributed by atoms with Crippen LogP contribution in [0, 0.1) is 5.82 Å². The van der Waals surface area contributed by atoms with Crippen molar-refractivity contribution >= 4 is 33.3 Å². The molecule has 92 valence electrons. The number of halogens is 2. The summed E-state index contributed by atoms with van der Waals surface area (Å²) in [7, 11) is 0. The van der Waals surface area contributed by atoms with Gasteiger partial charge in [-0.2, -0.15) is 0 Å². The highest BCUT2D eigenvalue weighted by molar-refractivity contribution is 9.10. The van der Waals surface area contributed by atoms with E-state index in [4.69, 9.17) is 5.73 Å². The van der Waals surface area contributed by atoms with Crippen molar-refractivity contribution in [1.82, 2.24) is 9.97 Å². The summed E-state index contributed by atoms with van der Waals surface area (Å²) >= 11 is 3.03. The van der Waals surface area contributed by atoms with E-state index in [0.29, 0.717) is 5.69 Å². The molecular weight excluding hydrogens is 303 g/mol. The molecule has 1 amide bonds. The van der Waals surface area contributed by atoms with Crippen LogP contribution in [0.2, 0.25) is 0 Å². The maximum absolute atomic E-state index is 13.0. The second kappa shape index (κ2) is 5.09. The van der Waals surface area contributed by atoms with E-state index in [2.05, 4.69) is 31.2 Å². The van der Waals surface area contributed by atoms with Crippen LogP contribution < -0.4 is 11.1 Å². The average Bonchev–Trinajstić information content (AvgIpc) is 2.34. The minimum atomic E-state index is -0.465. The highest BCUT2D eigenvalue weighted by Crippen LogP contribution is 2.20. The lowest BCUT2D eigenvalue weighted by atomic mass is 10.3. The SMILES string of the molecule is Nc1cncc(C(=O)Nc2ccc(F)c(Br)c2)n1. The molecule has 0 aliphatic carbocycles. The van der Waals surface area contributed by atoms with Crippen molar-refractivity contribution in [3.63, 3.8) is 0 Å². The normalized spacial score (nSPS) is 10.1. The van der Waals surface area contributed by atoms with E-state index in [1.807, 2.05) is 0 Å². The van der Waals surface area contributed by atoms with Gasteiger partial charge in [0.25, 0.3) is 5.91 Å². The van der Waals surface area contributed by atoms with Crippen molar-refractivity contribution in [1.29, 1.82) is 0 Å². The van der Waals surface area contributed by atoms with Gasteiger partial charge >= 0.3 is 0 Å². The third kappa shape index (κ3) is 2.80. The van der Waals surface area contributed by atoms with E-state index in [-0.39, 0.29) is 16.0 Å². The molecule has 0 bridgehead atoms. The zero-order chi connectivity index (χ0) is 13.1. The number of hydrogen-bond donors (Lipinski definition) is 2. The van der Waals surface area contributed by atoms with Crippen LogP contribution in [0.25, 0.3) is 0 Å². The molecule has 2 rings (SSSR count). The van der Waals surface area contributed by atoms with Crippen LogP contribution in [-0.4, -0.2) is 15.9 Å². The Morgan fingerprint density at radius 3 is 2.83 bits per heavy atom. The standard InChI is InChI=1S/C11H8BrFN4O/c12-7-3-6(1-2-8(7)13)16-11(18)9-4-15-5-10(14)17-9/h1-5H,(H2,14,17)(H,16,18). The quantitative estimate of drug-likeness (QED) is 0.891. The van der Waals surface area contributed by atoms with Gasteiger partial charge in [-0.05, 0) is 34.1 Å². The van der Waals surface area contributed by atoms with Gasteiger partial charge < -0.3 is 11.1 Å². The Morgan fingerprint density at radius 2 is 2.17 bits per heavy atom. The second-order valence-electron chi connectivity index (χ2n) is 3.41. The van der Waals surface area contributed by atoms with E-state index in [1.165, 1.54) is 30.6 Å². The van der Waals surface area contributed by atoms with Crippen LogP contribution in [0.1, 0.15) is 10.5 Å². The summed E-state index contributed by atoms with van der Waals surface area (Å²) < 4.78 is 13.3. The smallest absolute Gasteiger partial charge is 0.275 e. The van der Waals surface area contributed by atoms with Crippen LogP contribution in [0.15, 0.2) is 35.1 Å². The Labute approximate surface area is 110 Å². The number of rotatable bonds is 2. The Hall–Kier alpha value is -2.02. The van der Waals surface area contributed by atoms with E-state index in [1.54, 1.807) is 0 Å². The summed E-state index contributed by atoms with van der Waals surface area (Å²) in [5.41, 5.74) is 5.96. The predicted octanol–water partition coefficient (Wildman–Crippen LogP) is 2.21.